The number of esters is 2. The van der Waals surface area contributed by atoms with E-state index in [-0.39, 0.29) is 12.2 Å². The third-order valence-electron chi connectivity index (χ3n) is 4.43. The summed E-state index contributed by atoms with van der Waals surface area (Å²) in [7, 11) is 0. The van der Waals surface area contributed by atoms with Crippen LogP contribution < -0.4 is 0 Å². The van der Waals surface area contributed by atoms with Crippen LogP contribution in [0.2, 0.25) is 0 Å². The van der Waals surface area contributed by atoms with Crippen molar-refractivity contribution < 1.29 is 19.1 Å². The standard InChI is InChI=1S/C26H30O4/c1-7-29-24(27)19(3)23(25(28)30-26(4,5)6)18(2)17-20-13-15-22(16-14-20)21-11-9-8-10-12-21/h8-16,23H,2-3,7,17H2,1,4-6H3. The molecule has 0 aromatic heterocycles. The minimum atomic E-state index is -0.961. The maximum atomic E-state index is 12.8. The Morgan fingerprint density at radius 2 is 1.50 bits per heavy atom. The van der Waals surface area contributed by atoms with Gasteiger partial charge in [0.1, 0.15) is 11.5 Å². The number of hydrogen-bond donors (Lipinski definition) is 0. The molecule has 0 aliphatic heterocycles. The molecule has 2 aromatic carbocycles. The molecule has 30 heavy (non-hydrogen) atoms. The maximum Gasteiger partial charge on any atom is 0.334 e. The van der Waals surface area contributed by atoms with Gasteiger partial charge in [0.05, 0.1) is 6.61 Å². The van der Waals surface area contributed by atoms with Crippen molar-refractivity contribution >= 4 is 11.9 Å². The first-order chi connectivity index (χ1) is 14.1. The van der Waals surface area contributed by atoms with E-state index in [0.29, 0.717) is 12.0 Å². The molecule has 0 saturated heterocycles. The molecule has 0 heterocycles. The van der Waals surface area contributed by atoms with Crippen LogP contribution in [0, 0.1) is 5.92 Å². The van der Waals surface area contributed by atoms with E-state index in [1.54, 1.807) is 27.7 Å². The molecule has 158 valence electrons. The van der Waals surface area contributed by atoms with Crippen molar-refractivity contribution in [2.75, 3.05) is 6.61 Å². The summed E-state index contributed by atoms with van der Waals surface area (Å²) in [6.07, 6.45) is 0.414. The van der Waals surface area contributed by atoms with Gasteiger partial charge in [0, 0.05) is 5.57 Å². The van der Waals surface area contributed by atoms with E-state index in [1.807, 2.05) is 42.5 Å². The lowest BCUT2D eigenvalue weighted by Crippen LogP contribution is -2.32. The largest absolute Gasteiger partial charge is 0.463 e. The van der Waals surface area contributed by atoms with Crippen molar-refractivity contribution in [3.63, 3.8) is 0 Å². The maximum absolute atomic E-state index is 12.8. The van der Waals surface area contributed by atoms with Gasteiger partial charge < -0.3 is 9.47 Å². The van der Waals surface area contributed by atoms with Crippen LogP contribution in [0.15, 0.2) is 78.9 Å². The van der Waals surface area contributed by atoms with Crippen molar-refractivity contribution in [1.82, 2.24) is 0 Å². The topological polar surface area (TPSA) is 52.6 Å². The second kappa shape index (κ2) is 10.1. The average molecular weight is 407 g/mol. The van der Waals surface area contributed by atoms with Gasteiger partial charge in [-0.3, -0.25) is 4.79 Å². The summed E-state index contributed by atoms with van der Waals surface area (Å²) >= 11 is 0. The smallest absolute Gasteiger partial charge is 0.334 e. The fraction of sp³-hybridized carbons (Fsp3) is 0.308. The molecule has 4 nitrogen and oxygen atoms in total. The summed E-state index contributed by atoms with van der Waals surface area (Å²) in [5, 5.41) is 0. The lowest BCUT2D eigenvalue weighted by Gasteiger charge is -2.26. The Hall–Kier alpha value is -3.14. The fourth-order valence-corrected chi connectivity index (χ4v) is 3.07. The van der Waals surface area contributed by atoms with Gasteiger partial charge >= 0.3 is 11.9 Å². The molecular weight excluding hydrogens is 376 g/mol. The van der Waals surface area contributed by atoms with Crippen LogP contribution in [0.25, 0.3) is 11.1 Å². The summed E-state index contributed by atoms with van der Waals surface area (Å²) in [6, 6.07) is 18.1. The van der Waals surface area contributed by atoms with Crippen molar-refractivity contribution in [1.29, 1.82) is 0 Å². The SMILES string of the molecule is C=C(Cc1ccc(-c2ccccc2)cc1)C(C(=C)C(=O)OCC)C(=O)OC(C)(C)C. The molecule has 0 N–H and O–H groups in total. The van der Waals surface area contributed by atoms with Gasteiger partial charge in [-0.2, -0.15) is 0 Å². The summed E-state index contributed by atoms with van der Waals surface area (Å²) in [5.41, 5.74) is 3.09. The summed E-state index contributed by atoms with van der Waals surface area (Å²) in [6.45, 7) is 15.1. The molecule has 0 amide bonds. The van der Waals surface area contributed by atoms with Gasteiger partial charge in [-0.15, -0.1) is 0 Å². The Morgan fingerprint density at radius 1 is 0.933 bits per heavy atom. The zero-order chi connectivity index (χ0) is 22.3. The van der Waals surface area contributed by atoms with Crippen LogP contribution in [-0.2, 0) is 25.5 Å². The van der Waals surface area contributed by atoms with Crippen molar-refractivity contribution in [2.24, 2.45) is 5.92 Å². The van der Waals surface area contributed by atoms with E-state index >= 15 is 0 Å². The van der Waals surface area contributed by atoms with E-state index in [2.05, 4.69) is 25.3 Å². The van der Waals surface area contributed by atoms with Crippen LogP contribution in [0.3, 0.4) is 0 Å². The number of benzene rings is 2. The Balaban J connectivity index is 2.21. The second-order valence-corrected chi connectivity index (χ2v) is 8.11. The predicted octanol–water partition coefficient (Wildman–Crippen LogP) is 5.53. The molecule has 4 heteroatoms. The number of rotatable bonds is 8. The minimum Gasteiger partial charge on any atom is -0.463 e. The van der Waals surface area contributed by atoms with Gasteiger partial charge in [0.2, 0.25) is 0 Å². The van der Waals surface area contributed by atoms with Gasteiger partial charge in [-0.25, -0.2) is 4.79 Å². The fourth-order valence-electron chi connectivity index (χ4n) is 3.07. The Morgan fingerprint density at radius 3 is 2.03 bits per heavy atom. The van der Waals surface area contributed by atoms with E-state index in [1.165, 1.54) is 0 Å². The monoisotopic (exact) mass is 406 g/mol. The highest BCUT2D eigenvalue weighted by Gasteiger charge is 2.33. The van der Waals surface area contributed by atoms with Gasteiger partial charge in [-0.05, 0) is 50.8 Å². The van der Waals surface area contributed by atoms with E-state index in [4.69, 9.17) is 9.47 Å². The van der Waals surface area contributed by atoms with Gasteiger partial charge in [0.15, 0.2) is 0 Å². The average Bonchev–Trinajstić information content (AvgIpc) is 2.68. The second-order valence-electron chi connectivity index (χ2n) is 8.11. The van der Waals surface area contributed by atoms with Gasteiger partial charge in [-0.1, -0.05) is 73.3 Å². The predicted molar refractivity (Wildman–Crippen MR) is 120 cm³/mol. The first kappa shape index (κ1) is 23.1. The van der Waals surface area contributed by atoms with Crippen molar-refractivity contribution in [3.05, 3.63) is 84.5 Å². The van der Waals surface area contributed by atoms with E-state index in [0.717, 1.165) is 16.7 Å². The summed E-state index contributed by atoms with van der Waals surface area (Å²) in [4.78, 5) is 25.1. The quantitative estimate of drug-likeness (QED) is 0.329. The zero-order valence-electron chi connectivity index (χ0n) is 18.2. The number of hydrogen-bond acceptors (Lipinski definition) is 4. The molecular formula is C26H30O4. The lowest BCUT2D eigenvalue weighted by atomic mass is 9.88. The summed E-state index contributed by atoms with van der Waals surface area (Å²) in [5.74, 6) is -2.13. The molecule has 0 aliphatic carbocycles. The molecule has 0 aliphatic rings. The molecule has 0 fully saturated rings. The number of carbonyl (C=O) groups is 2. The number of carbonyl (C=O) groups excluding carboxylic acids is 2. The Labute approximate surface area is 179 Å². The van der Waals surface area contributed by atoms with Gasteiger partial charge in [0.25, 0.3) is 0 Å². The highest BCUT2D eigenvalue weighted by Crippen LogP contribution is 2.27. The first-order valence-electron chi connectivity index (χ1n) is 10.0. The van der Waals surface area contributed by atoms with Crippen LogP contribution in [0.5, 0.6) is 0 Å². The van der Waals surface area contributed by atoms with Crippen molar-refractivity contribution in [2.45, 2.75) is 39.7 Å². The highest BCUT2D eigenvalue weighted by molar-refractivity contribution is 5.96. The normalized spacial score (nSPS) is 12.0. The van der Waals surface area contributed by atoms with E-state index < -0.39 is 23.5 Å². The zero-order valence-corrected chi connectivity index (χ0v) is 18.2. The lowest BCUT2D eigenvalue weighted by molar-refractivity contribution is -0.159. The van der Waals surface area contributed by atoms with Crippen LogP contribution in [0.4, 0.5) is 0 Å². The molecule has 0 spiro atoms. The molecule has 1 unspecified atom stereocenters. The van der Waals surface area contributed by atoms with Crippen LogP contribution in [0.1, 0.15) is 33.3 Å². The van der Waals surface area contributed by atoms with Crippen LogP contribution >= 0.6 is 0 Å². The third kappa shape index (κ3) is 6.45. The third-order valence-corrected chi connectivity index (χ3v) is 4.43. The first-order valence-corrected chi connectivity index (χ1v) is 10.0. The Bertz CT molecular complexity index is 902. The molecule has 2 aromatic rings. The molecule has 0 saturated carbocycles. The molecule has 0 radical (unpaired) electrons. The number of ether oxygens (including phenoxy) is 2. The van der Waals surface area contributed by atoms with Crippen molar-refractivity contribution in [3.8, 4) is 11.1 Å². The molecule has 1 atom stereocenters. The molecule has 2 rings (SSSR count). The van der Waals surface area contributed by atoms with Crippen LogP contribution in [-0.4, -0.2) is 24.1 Å². The molecule has 0 bridgehead atoms. The minimum absolute atomic E-state index is 0.0389. The summed E-state index contributed by atoms with van der Waals surface area (Å²) < 4.78 is 10.6. The Kier molecular flexibility index (Phi) is 7.76. The van der Waals surface area contributed by atoms with E-state index in [9.17, 15) is 9.59 Å². The highest BCUT2D eigenvalue weighted by atomic mass is 16.6.